The second kappa shape index (κ2) is 5.33. The Labute approximate surface area is 101 Å². The number of hydrogen-bond donors (Lipinski definition) is 1. The van der Waals surface area contributed by atoms with Crippen LogP contribution < -0.4 is 5.32 Å². The fraction of sp³-hybridized carbons (Fsp3) is 0.286. The van der Waals surface area contributed by atoms with Gasteiger partial charge in [-0.1, -0.05) is 42.5 Å². The topological polar surface area (TPSA) is 12.0 Å². The summed E-state index contributed by atoms with van der Waals surface area (Å²) >= 11 is 5.77. The fourth-order valence-electron chi connectivity index (χ4n) is 1.79. The molecule has 0 heterocycles. The Morgan fingerprint density at radius 2 is 1.88 bits per heavy atom. The largest absolute Gasteiger partial charge is 0.309 e. The van der Waals surface area contributed by atoms with Crippen LogP contribution in [0.3, 0.4) is 0 Å². The van der Waals surface area contributed by atoms with Crippen LogP contribution in [-0.2, 0) is 6.54 Å². The summed E-state index contributed by atoms with van der Waals surface area (Å²) in [6.07, 6.45) is 0. The average Bonchev–Trinajstić information content (AvgIpc) is 2.35. The average molecular weight is 234 g/mol. The predicted octanol–water partition coefficient (Wildman–Crippen LogP) is 3.56. The van der Waals surface area contributed by atoms with Gasteiger partial charge in [0.05, 0.1) is 0 Å². The van der Waals surface area contributed by atoms with Crippen LogP contribution in [0.2, 0.25) is 0 Å². The number of nitrogens with one attached hydrogen (secondary N) is 1. The van der Waals surface area contributed by atoms with E-state index in [9.17, 15) is 0 Å². The van der Waals surface area contributed by atoms with Gasteiger partial charge in [0.15, 0.2) is 0 Å². The molecule has 84 valence electrons. The van der Waals surface area contributed by atoms with Crippen molar-refractivity contribution in [3.8, 4) is 0 Å². The molecule has 1 atom stereocenters. The monoisotopic (exact) mass is 233 g/mol. The van der Waals surface area contributed by atoms with Gasteiger partial charge in [0.2, 0.25) is 0 Å². The summed E-state index contributed by atoms with van der Waals surface area (Å²) in [4.78, 5) is 0. The minimum Gasteiger partial charge on any atom is -0.309 e. The quantitative estimate of drug-likeness (QED) is 0.797. The SMILES string of the molecule is CC(CCl)NCc1cccc2ccccc12. The van der Waals surface area contributed by atoms with Crippen LogP contribution in [0.25, 0.3) is 10.8 Å². The molecule has 1 nitrogen and oxygen atoms in total. The molecular formula is C14H16ClN. The van der Waals surface area contributed by atoms with Crippen LogP contribution in [-0.4, -0.2) is 11.9 Å². The maximum atomic E-state index is 5.77. The number of hydrogen-bond acceptors (Lipinski definition) is 1. The molecule has 0 aliphatic rings. The molecule has 2 rings (SSSR count). The second-order valence-electron chi connectivity index (χ2n) is 4.07. The normalized spacial score (nSPS) is 12.9. The fourth-order valence-corrected chi connectivity index (χ4v) is 1.89. The summed E-state index contributed by atoms with van der Waals surface area (Å²) in [7, 11) is 0. The molecule has 0 fully saturated rings. The summed E-state index contributed by atoms with van der Waals surface area (Å²) in [5, 5.41) is 6.02. The van der Waals surface area contributed by atoms with Crippen molar-refractivity contribution in [2.24, 2.45) is 0 Å². The van der Waals surface area contributed by atoms with E-state index in [4.69, 9.17) is 11.6 Å². The molecule has 0 bridgehead atoms. The van der Waals surface area contributed by atoms with Gasteiger partial charge in [-0.25, -0.2) is 0 Å². The van der Waals surface area contributed by atoms with E-state index in [2.05, 4.69) is 54.7 Å². The molecule has 1 N–H and O–H groups in total. The Bertz CT molecular complexity index is 462. The predicted molar refractivity (Wildman–Crippen MR) is 71.0 cm³/mol. The van der Waals surface area contributed by atoms with Crippen molar-refractivity contribution in [1.29, 1.82) is 0 Å². The maximum absolute atomic E-state index is 5.77. The second-order valence-corrected chi connectivity index (χ2v) is 4.38. The number of rotatable bonds is 4. The highest BCUT2D eigenvalue weighted by Crippen LogP contribution is 2.18. The van der Waals surface area contributed by atoms with E-state index in [0.717, 1.165) is 6.54 Å². The first-order chi connectivity index (χ1) is 7.81. The van der Waals surface area contributed by atoms with Gasteiger partial charge < -0.3 is 5.32 Å². The molecule has 0 saturated heterocycles. The maximum Gasteiger partial charge on any atom is 0.0374 e. The van der Waals surface area contributed by atoms with Gasteiger partial charge in [0.25, 0.3) is 0 Å². The van der Waals surface area contributed by atoms with Crippen LogP contribution in [0.15, 0.2) is 42.5 Å². The van der Waals surface area contributed by atoms with E-state index in [1.54, 1.807) is 0 Å². The summed E-state index contributed by atoms with van der Waals surface area (Å²) < 4.78 is 0. The Morgan fingerprint density at radius 3 is 2.69 bits per heavy atom. The van der Waals surface area contributed by atoms with Gasteiger partial charge in [0.1, 0.15) is 0 Å². The zero-order valence-electron chi connectivity index (χ0n) is 9.41. The van der Waals surface area contributed by atoms with Crippen molar-refractivity contribution in [3.05, 3.63) is 48.0 Å². The Hall–Kier alpha value is -1.05. The van der Waals surface area contributed by atoms with Crippen molar-refractivity contribution in [2.75, 3.05) is 5.88 Å². The van der Waals surface area contributed by atoms with E-state index < -0.39 is 0 Å². The van der Waals surface area contributed by atoms with Crippen LogP contribution in [0, 0.1) is 0 Å². The Balaban J connectivity index is 2.23. The highest BCUT2D eigenvalue weighted by atomic mass is 35.5. The van der Waals surface area contributed by atoms with E-state index >= 15 is 0 Å². The summed E-state index contributed by atoms with van der Waals surface area (Å²) in [6.45, 7) is 2.97. The first-order valence-electron chi connectivity index (χ1n) is 5.57. The van der Waals surface area contributed by atoms with Crippen molar-refractivity contribution < 1.29 is 0 Å². The highest BCUT2D eigenvalue weighted by molar-refractivity contribution is 6.18. The molecule has 2 heteroatoms. The summed E-state index contributed by atoms with van der Waals surface area (Å²) in [5.41, 5.74) is 1.33. The van der Waals surface area contributed by atoms with Gasteiger partial charge in [-0.15, -0.1) is 11.6 Å². The van der Waals surface area contributed by atoms with Crippen LogP contribution >= 0.6 is 11.6 Å². The standard InChI is InChI=1S/C14H16ClN/c1-11(9-15)16-10-13-7-4-6-12-5-2-3-8-14(12)13/h2-8,11,16H,9-10H2,1H3. The smallest absolute Gasteiger partial charge is 0.0374 e. The minimum absolute atomic E-state index is 0.348. The third-order valence-electron chi connectivity index (χ3n) is 2.75. The van der Waals surface area contributed by atoms with E-state index in [1.165, 1.54) is 16.3 Å². The molecule has 2 aromatic rings. The van der Waals surface area contributed by atoms with E-state index in [0.29, 0.717) is 11.9 Å². The van der Waals surface area contributed by atoms with Crippen molar-refractivity contribution in [2.45, 2.75) is 19.5 Å². The van der Waals surface area contributed by atoms with Crippen LogP contribution in [0.1, 0.15) is 12.5 Å². The lowest BCUT2D eigenvalue weighted by Crippen LogP contribution is -2.26. The molecule has 0 radical (unpaired) electrons. The summed E-state index contributed by atoms with van der Waals surface area (Å²) in [5.74, 6) is 0.644. The van der Waals surface area contributed by atoms with Crippen molar-refractivity contribution in [3.63, 3.8) is 0 Å². The molecule has 0 aromatic heterocycles. The molecule has 0 aliphatic heterocycles. The zero-order chi connectivity index (χ0) is 11.4. The third kappa shape index (κ3) is 2.55. The molecule has 2 aromatic carbocycles. The van der Waals surface area contributed by atoms with E-state index in [-0.39, 0.29) is 0 Å². The Kier molecular flexibility index (Phi) is 3.81. The van der Waals surface area contributed by atoms with Crippen LogP contribution in [0.5, 0.6) is 0 Å². The van der Waals surface area contributed by atoms with Crippen molar-refractivity contribution >= 4 is 22.4 Å². The highest BCUT2D eigenvalue weighted by Gasteiger charge is 2.02. The number of alkyl halides is 1. The summed E-state index contributed by atoms with van der Waals surface area (Å²) in [6, 6.07) is 15.2. The van der Waals surface area contributed by atoms with E-state index in [1.807, 2.05) is 0 Å². The number of fused-ring (bicyclic) bond motifs is 1. The zero-order valence-corrected chi connectivity index (χ0v) is 10.2. The van der Waals surface area contributed by atoms with Gasteiger partial charge >= 0.3 is 0 Å². The number of halogens is 1. The number of benzene rings is 2. The lowest BCUT2D eigenvalue weighted by Gasteiger charge is -2.12. The van der Waals surface area contributed by atoms with Crippen LogP contribution in [0.4, 0.5) is 0 Å². The van der Waals surface area contributed by atoms with Gasteiger partial charge in [-0.3, -0.25) is 0 Å². The first-order valence-corrected chi connectivity index (χ1v) is 6.10. The lowest BCUT2D eigenvalue weighted by molar-refractivity contribution is 0.595. The lowest BCUT2D eigenvalue weighted by atomic mass is 10.0. The molecule has 1 unspecified atom stereocenters. The molecule has 0 spiro atoms. The Morgan fingerprint density at radius 1 is 1.12 bits per heavy atom. The molecule has 0 saturated carbocycles. The van der Waals surface area contributed by atoms with Gasteiger partial charge in [0, 0.05) is 18.5 Å². The van der Waals surface area contributed by atoms with Gasteiger partial charge in [-0.05, 0) is 23.3 Å². The molecule has 16 heavy (non-hydrogen) atoms. The first kappa shape index (κ1) is 11.4. The molecule has 0 aliphatic carbocycles. The molecule has 0 amide bonds. The third-order valence-corrected chi connectivity index (χ3v) is 3.22. The van der Waals surface area contributed by atoms with Gasteiger partial charge in [-0.2, -0.15) is 0 Å². The molecular weight excluding hydrogens is 218 g/mol. The minimum atomic E-state index is 0.348. The van der Waals surface area contributed by atoms with Crippen molar-refractivity contribution in [1.82, 2.24) is 5.32 Å².